The van der Waals surface area contributed by atoms with Gasteiger partial charge in [0.1, 0.15) is 11.6 Å². The normalized spacial score (nSPS) is 11.7. The van der Waals surface area contributed by atoms with Gasteiger partial charge in [-0.15, -0.1) is 0 Å². The monoisotopic (exact) mass is 330 g/mol. The van der Waals surface area contributed by atoms with Crippen LogP contribution >= 0.6 is 22.6 Å². The second kappa shape index (κ2) is 4.11. The number of halogens is 2. The van der Waals surface area contributed by atoms with E-state index in [9.17, 15) is 12.8 Å². The molecule has 0 atom stereocenters. The minimum Gasteiger partial charge on any atom is -0.285 e. The largest absolute Gasteiger partial charge is 0.285 e. The van der Waals surface area contributed by atoms with E-state index in [2.05, 4.69) is 0 Å². The Morgan fingerprint density at radius 2 is 2.07 bits per heavy atom. The SMILES string of the molecule is Cc1cc(F)c(CS(=O)(=O)O)cc1I. The average molecular weight is 330 g/mol. The van der Waals surface area contributed by atoms with Gasteiger partial charge >= 0.3 is 0 Å². The average Bonchev–Trinajstić information content (AvgIpc) is 1.97. The summed E-state index contributed by atoms with van der Waals surface area (Å²) >= 11 is 1.98. The summed E-state index contributed by atoms with van der Waals surface area (Å²) in [7, 11) is -4.17. The van der Waals surface area contributed by atoms with Crippen molar-refractivity contribution in [2.45, 2.75) is 12.7 Å². The number of aryl methyl sites for hydroxylation is 1. The van der Waals surface area contributed by atoms with Gasteiger partial charge in [0.25, 0.3) is 10.1 Å². The third-order valence-corrected chi connectivity index (χ3v) is 3.50. The second-order valence-electron chi connectivity index (χ2n) is 2.92. The van der Waals surface area contributed by atoms with Gasteiger partial charge in [0.05, 0.1) is 0 Å². The zero-order valence-electron chi connectivity index (χ0n) is 7.29. The molecule has 0 saturated heterocycles. The molecule has 0 aliphatic carbocycles. The van der Waals surface area contributed by atoms with E-state index in [-0.39, 0.29) is 5.56 Å². The molecule has 1 rings (SSSR count). The summed E-state index contributed by atoms with van der Waals surface area (Å²) in [6.45, 7) is 1.72. The molecule has 0 aliphatic heterocycles. The number of benzene rings is 1. The van der Waals surface area contributed by atoms with Crippen LogP contribution in [0.25, 0.3) is 0 Å². The number of rotatable bonds is 2. The van der Waals surface area contributed by atoms with Crippen LogP contribution in [0.15, 0.2) is 12.1 Å². The molecule has 3 nitrogen and oxygen atoms in total. The maximum atomic E-state index is 13.2. The first-order valence-electron chi connectivity index (χ1n) is 3.69. The van der Waals surface area contributed by atoms with E-state index in [0.717, 1.165) is 9.13 Å². The fourth-order valence-corrected chi connectivity index (χ4v) is 2.14. The fraction of sp³-hybridized carbons (Fsp3) is 0.250. The first-order valence-corrected chi connectivity index (χ1v) is 6.38. The molecule has 0 fully saturated rings. The Morgan fingerprint density at radius 1 is 1.50 bits per heavy atom. The molecule has 1 N–H and O–H groups in total. The van der Waals surface area contributed by atoms with Gasteiger partial charge in [0, 0.05) is 9.13 Å². The zero-order valence-corrected chi connectivity index (χ0v) is 10.3. The Kier molecular flexibility index (Phi) is 3.49. The quantitative estimate of drug-likeness (QED) is 0.668. The van der Waals surface area contributed by atoms with E-state index in [1.165, 1.54) is 12.1 Å². The Hall–Kier alpha value is -0.210. The van der Waals surface area contributed by atoms with Gasteiger partial charge in [-0.05, 0) is 47.2 Å². The third kappa shape index (κ3) is 3.18. The molecule has 0 unspecified atom stereocenters. The maximum Gasteiger partial charge on any atom is 0.269 e. The van der Waals surface area contributed by atoms with Crippen molar-refractivity contribution in [1.82, 2.24) is 0 Å². The Morgan fingerprint density at radius 3 is 2.57 bits per heavy atom. The molecule has 78 valence electrons. The maximum absolute atomic E-state index is 13.2. The van der Waals surface area contributed by atoms with Crippen molar-refractivity contribution < 1.29 is 17.4 Å². The van der Waals surface area contributed by atoms with Crippen molar-refractivity contribution in [1.29, 1.82) is 0 Å². The van der Waals surface area contributed by atoms with Crippen molar-refractivity contribution >= 4 is 32.7 Å². The highest BCUT2D eigenvalue weighted by atomic mass is 127. The van der Waals surface area contributed by atoms with Crippen LogP contribution in [0.4, 0.5) is 4.39 Å². The predicted molar refractivity (Wildman–Crippen MR) is 59.1 cm³/mol. The minimum absolute atomic E-state index is 0.0116. The van der Waals surface area contributed by atoms with Gasteiger partial charge in [-0.1, -0.05) is 0 Å². The molecule has 6 heteroatoms. The van der Waals surface area contributed by atoms with Crippen LogP contribution in [0.1, 0.15) is 11.1 Å². The lowest BCUT2D eigenvalue weighted by Gasteiger charge is -2.04. The molecular formula is C8H8FIO3S. The van der Waals surface area contributed by atoms with Crippen LogP contribution in [0, 0.1) is 16.3 Å². The van der Waals surface area contributed by atoms with Crippen LogP contribution in [-0.4, -0.2) is 13.0 Å². The van der Waals surface area contributed by atoms with E-state index in [4.69, 9.17) is 4.55 Å². The van der Waals surface area contributed by atoms with Gasteiger partial charge in [0.15, 0.2) is 0 Å². The molecule has 0 amide bonds. The van der Waals surface area contributed by atoms with Crippen molar-refractivity contribution in [3.8, 4) is 0 Å². The van der Waals surface area contributed by atoms with Gasteiger partial charge in [-0.3, -0.25) is 4.55 Å². The molecule has 0 saturated carbocycles. The number of hydrogen-bond acceptors (Lipinski definition) is 2. The molecule has 1 aromatic rings. The van der Waals surface area contributed by atoms with E-state index in [1.807, 2.05) is 22.6 Å². The lowest BCUT2D eigenvalue weighted by Crippen LogP contribution is -2.04. The first kappa shape index (κ1) is 11.9. The lowest BCUT2D eigenvalue weighted by molar-refractivity contribution is 0.480. The minimum atomic E-state index is -4.17. The van der Waals surface area contributed by atoms with Gasteiger partial charge in [-0.25, -0.2) is 4.39 Å². The summed E-state index contributed by atoms with van der Waals surface area (Å²) in [6.07, 6.45) is 0. The molecule has 0 radical (unpaired) electrons. The van der Waals surface area contributed by atoms with Gasteiger partial charge in [-0.2, -0.15) is 8.42 Å². The van der Waals surface area contributed by atoms with Crippen molar-refractivity contribution in [2.24, 2.45) is 0 Å². The van der Waals surface area contributed by atoms with E-state index < -0.39 is 21.7 Å². The smallest absolute Gasteiger partial charge is 0.269 e. The Bertz CT molecular complexity index is 456. The van der Waals surface area contributed by atoms with Gasteiger partial charge in [0.2, 0.25) is 0 Å². The standard InChI is InChI=1S/C8H8FIO3S/c1-5-2-7(9)6(3-8(5)10)4-14(11,12)13/h2-3H,4H2,1H3,(H,11,12,13). The van der Waals surface area contributed by atoms with Gasteiger partial charge < -0.3 is 0 Å². The van der Waals surface area contributed by atoms with Crippen LogP contribution in [0.2, 0.25) is 0 Å². The van der Waals surface area contributed by atoms with Crippen LogP contribution < -0.4 is 0 Å². The lowest BCUT2D eigenvalue weighted by atomic mass is 10.2. The highest BCUT2D eigenvalue weighted by Gasteiger charge is 2.12. The summed E-state index contributed by atoms with van der Waals surface area (Å²) in [4.78, 5) is 0. The molecule has 0 bridgehead atoms. The number of hydrogen-bond donors (Lipinski definition) is 1. The van der Waals surface area contributed by atoms with Crippen molar-refractivity contribution in [3.05, 3.63) is 32.6 Å². The molecule has 1 aromatic carbocycles. The highest BCUT2D eigenvalue weighted by molar-refractivity contribution is 14.1. The molecule has 0 spiro atoms. The fourth-order valence-electron chi connectivity index (χ4n) is 0.995. The summed E-state index contributed by atoms with van der Waals surface area (Å²) in [5.74, 6) is -1.30. The highest BCUT2D eigenvalue weighted by Crippen LogP contribution is 2.18. The van der Waals surface area contributed by atoms with E-state index in [0.29, 0.717) is 0 Å². The molecule has 14 heavy (non-hydrogen) atoms. The predicted octanol–water partition coefficient (Wildman–Crippen LogP) is 2.13. The third-order valence-electron chi connectivity index (χ3n) is 1.67. The summed E-state index contributed by atoms with van der Waals surface area (Å²) in [5, 5.41) is 0. The summed E-state index contributed by atoms with van der Waals surface area (Å²) in [5.41, 5.74) is 0.727. The van der Waals surface area contributed by atoms with E-state index in [1.54, 1.807) is 6.92 Å². The molecule has 0 aliphatic rings. The molecule has 0 heterocycles. The molecule has 0 aromatic heterocycles. The first-order chi connectivity index (χ1) is 6.29. The van der Waals surface area contributed by atoms with Crippen molar-refractivity contribution in [3.63, 3.8) is 0 Å². The van der Waals surface area contributed by atoms with E-state index >= 15 is 0 Å². The topological polar surface area (TPSA) is 54.4 Å². The molecular weight excluding hydrogens is 322 g/mol. The second-order valence-corrected chi connectivity index (χ2v) is 5.53. The van der Waals surface area contributed by atoms with Crippen LogP contribution in [0.3, 0.4) is 0 Å². The zero-order chi connectivity index (χ0) is 10.9. The van der Waals surface area contributed by atoms with Crippen LogP contribution in [-0.2, 0) is 15.9 Å². The Labute approximate surface area is 95.2 Å². The summed E-state index contributed by atoms with van der Waals surface area (Å²) in [6, 6.07) is 2.67. The summed E-state index contributed by atoms with van der Waals surface area (Å²) < 4.78 is 43.6. The Balaban J connectivity index is 3.17. The van der Waals surface area contributed by atoms with Crippen LogP contribution in [0.5, 0.6) is 0 Å². The van der Waals surface area contributed by atoms with Crippen molar-refractivity contribution in [2.75, 3.05) is 0 Å².